The average Bonchev–Trinajstić information content (AvgIpc) is 1.58. The van der Waals surface area contributed by atoms with Crippen molar-refractivity contribution in [3.8, 4) is 95.8 Å². The Balaban J connectivity index is 0.938. The second kappa shape index (κ2) is 22.7. The molecule has 0 aliphatic carbocycles. The Hall–Kier alpha value is -12.8. The number of hydrogen-bond donors (Lipinski definition) is 0. The molecule has 0 saturated heterocycles. The number of ether oxygens (including phenoxy) is 1. The molecule has 5 aromatic heterocycles. The largest absolute Gasteiger partial charge is 0.453 e. The highest BCUT2D eigenvalue weighted by atomic mass is 16.5. The van der Waals surface area contributed by atoms with Crippen molar-refractivity contribution in [3.63, 3.8) is 0 Å². The fraction of sp³-hybridized carbons (Fsp3) is 0.0330. The third-order valence-electron chi connectivity index (χ3n) is 19.8. The highest BCUT2D eigenvalue weighted by Gasteiger charge is 2.35. The van der Waals surface area contributed by atoms with E-state index >= 15 is 0 Å². The summed E-state index contributed by atoms with van der Waals surface area (Å²) in [6.07, 6.45) is 0. The lowest BCUT2D eigenvalue weighted by Crippen LogP contribution is -2.19. The third kappa shape index (κ3) is 9.12. The van der Waals surface area contributed by atoms with Gasteiger partial charge in [-0.2, -0.15) is 0 Å². The van der Waals surface area contributed by atoms with Gasteiger partial charge in [-0.1, -0.05) is 211 Å². The Morgan fingerprint density at radius 1 is 0.265 bits per heavy atom. The smallest absolute Gasteiger partial charge is 0.151 e. The third-order valence-corrected chi connectivity index (χ3v) is 19.8. The molecule has 0 radical (unpaired) electrons. The summed E-state index contributed by atoms with van der Waals surface area (Å²) in [6.45, 7) is 6.52. The standard InChI is InChI=1S/C91H62N6O/c1-57-36-51-80-72(54-57)68-23-9-12-29-77(68)94(80)64-45-39-61(40-46-64)87-88(71-26-8-7-22-67(71)76-28-19-27-75(92-76)60-20-5-4-6-21-60)91(97-83-32-15-17-34-85(83)98-86-35-18-16-33-84(86)97)90(63-43-49-66(50-44-63)96-79-31-14-11-25-70(79)74-56-59(3)38-53-82(74)96)93-89(87)62-41-47-65(48-42-62)95-78-30-13-10-24-69(78)73-55-58(2)37-52-81(73)95/h4-56H,1-3H3. The van der Waals surface area contributed by atoms with E-state index < -0.39 is 0 Å². The molecule has 6 heterocycles. The molecule has 19 rings (SSSR count). The number of nitrogens with zero attached hydrogens (tertiary/aromatic N) is 6. The zero-order valence-corrected chi connectivity index (χ0v) is 54.2. The molecule has 7 heteroatoms. The monoisotopic (exact) mass is 1250 g/mol. The summed E-state index contributed by atoms with van der Waals surface area (Å²) >= 11 is 0. The topological polar surface area (TPSA) is 53.0 Å². The minimum atomic E-state index is 0.734. The van der Waals surface area contributed by atoms with Crippen LogP contribution < -0.4 is 9.64 Å². The first-order chi connectivity index (χ1) is 48.3. The van der Waals surface area contributed by atoms with E-state index in [1.165, 1.54) is 49.0 Å². The van der Waals surface area contributed by atoms with E-state index in [1.807, 2.05) is 0 Å². The van der Waals surface area contributed by atoms with Gasteiger partial charge in [-0.25, -0.2) is 9.97 Å². The van der Waals surface area contributed by atoms with Crippen molar-refractivity contribution < 1.29 is 4.74 Å². The van der Waals surface area contributed by atoms with Gasteiger partial charge in [0.25, 0.3) is 0 Å². The molecule has 0 amide bonds. The number of aromatic nitrogens is 5. The van der Waals surface area contributed by atoms with Crippen molar-refractivity contribution in [1.82, 2.24) is 23.7 Å². The quantitative estimate of drug-likeness (QED) is 0.137. The molecule has 0 N–H and O–H groups in total. The molecular weight excluding hydrogens is 1190 g/mol. The van der Waals surface area contributed by atoms with Gasteiger partial charge in [-0.3, -0.25) is 0 Å². The molecule has 0 atom stereocenters. The lowest BCUT2D eigenvalue weighted by atomic mass is 9.84. The Bertz CT molecular complexity index is 6190. The first-order valence-electron chi connectivity index (χ1n) is 33.5. The SMILES string of the molecule is Cc1ccc2c(c1)c1ccccc1n2-c1ccc(-c2nc(-c3ccc(-n4c5ccccc5c5cc(C)ccc54)cc3)c(N3c4ccccc4Oc4ccccc43)c(-c3ccccc3-c3cccc(-c4ccccc4)n3)c2-c2ccc(-n3c4ccccc4c4cc(C)ccc43)cc2)cc1. The van der Waals surface area contributed by atoms with Gasteiger partial charge in [0, 0.05) is 82.8 Å². The van der Waals surface area contributed by atoms with Gasteiger partial charge in [0.2, 0.25) is 0 Å². The van der Waals surface area contributed by atoms with Crippen LogP contribution in [0.5, 0.6) is 11.5 Å². The van der Waals surface area contributed by atoms with Gasteiger partial charge in [0.05, 0.1) is 72.9 Å². The molecular formula is C91H62N6O. The van der Waals surface area contributed by atoms with Crippen LogP contribution in [0.4, 0.5) is 17.1 Å². The minimum absolute atomic E-state index is 0.734. The van der Waals surface area contributed by atoms with Gasteiger partial charge < -0.3 is 23.3 Å². The molecule has 462 valence electrons. The van der Waals surface area contributed by atoms with Gasteiger partial charge >= 0.3 is 0 Å². The average molecular weight is 1260 g/mol. The lowest BCUT2D eigenvalue weighted by Gasteiger charge is -2.36. The van der Waals surface area contributed by atoms with Gasteiger partial charge in [-0.05, 0) is 159 Å². The summed E-state index contributed by atoms with van der Waals surface area (Å²) in [7, 11) is 0. The van der Waals surface area contributed by atoms with Crippen LogP contribution in [0.25, 0.3) is 150 Å². The molecule has 98 heavy (non-hydrogen) atoms. The maximum absolute atomic E-state index is 6.95. The molecule has 13 aromatic carbocycles. The highest BCUT2D eigenvalue weighted by Crippen LogP contribution is 2.59. The van der Waals surface area contributed by atoms with Gasteiger partial charge in [0.1, 0.15) is 0 Å². The summed E-state index contributed by atoms with van der Waals surface area (Å²) in [5.41, 5.74) is 27.6. The van der Waals surface area contributed by atoms with E-state index in [-0.39, 0.29) is 0 Å². The van der Waals surface area contributed by atoms with Crippen molar-refractivity contribution in [2.75, 3.05) is 4.90 Å². The highest BCUT2D eigenvalue weighted by molar-refractivity contribution is 6.14. The van der Waals surface area contributed by atoms with Crippen LogP contribution in [0.15, 0.2) is 322 Å². The van der Waals surface area contributed by atoms with E-state index in [4.69, 9.17) is 14.7 Å². The lowest BCUT2D eigenvalue weighted by molar-refractivity contribution is 0.477. The summed E-state index contributed by atoms with van der Waals surface area (Å²) in [6, 6.07) is 117. The van der Waals surface area contributed by atoms with Crippen LogP contribution in [-0.4, -0.2) is 23.7 Å². The Labute approximate surface area is 567 Å². The minimum Gasteiger partial charge on any atom is -0.453 e. The van der Waals surface area contributed by atoms with E-state index in [0.717, 1.165) is 146 Å². The van der Waals surface area contributed by atoms with E-state index in [9.17, 15) is 0 Å². The van der Waals surface area contributed by atoms with Crippen molar-refractivity contribution in [2.24, 2.45) is 0 Å². The van der Waals surface area contributed by atoms with E-state index in [2.05, 4.69) is 361 Å². The van der Waals surface area contributed by atoms with E-state index in [0.29, 0.717) is 0 Å². The number of fused-ring (bicyclic) bond motifs is 11. The van der Waals surface area contributed by atoms with Crippen LogP contribution in [0.3, 0.4) is 0 Å². The summed E-state index contributed by atoms with van der Waals surface area (Å²) in [4.78, 5) is 14.3. The molecule has 1 aliphatic heterocycles. The zero-order valence-electron chi connectivity index (χ0n) is 54.2. The molecule has 0 spiro atoms. The molecule has 7 nitrogen and oxygen atoms in total. The van der Waals surface area contributed by atoms with Crippen LogP contribution in [0.1, 0.15) is 16.7 Å². The predicted molar refractivity (Wildman–Crippen MR) is 407 cm³/mol. The van der Waals surface area contributed by atoms with Crippen LogP contribution in [0, 0.1) is 20.8 Å². The number of aryl methyl sites for hydroxylation is 3. The Kier molecular flexibility index (Phi) is 13.1. The zero-order chi connectivity index (χ0) is 65.1. The van der Waals surface area contributed by atoms with Crippen LogP contribution in [0.2, 0.25) is 0 Å². The predicted octanol–water partition coefficient (Wildman–Crippen LogP) is 24.3. The molecule has 0 fully saturated rings. The molecule has 18 aromatic rings. The first kappa shape index (κ1) is 56.7. The van der Waals surface area contributed by atoms with Crippen molar-refractivity contribution in [2.45, 2.75) is 20.8 Å². The van der Waals surface area contributed by atoms with Crippen molar-refractivity contribution >= 4 is 82.5 Å². The number of rotatable bonds is 10. The number of benzene rings is 13. The summed E-state index contributed by atoms with van der Waals surface area (Å²) < 4.78 is 14.2. The maximum atomic E-state index is 6.95. The maximum Gasteiger partial charge on any atom is 0.151 e. The van der Waals surface area contributed by atoms with E-state index in [1.54, 1.807) is 0 Å². The number of pyridine rings is 2. The van der Waals surface area contributed by atoms with Crippen LogP contribution in [-0.2, 0) is 0 Å². The normalized spacial score (nSPS) is 12.1. The van der Waals surface area contributed by atoms with Gasteiger partial charge in [-0.15, -0.1) is 0 Å². The fourth-order valence-electron chi connectivity index (χ4n) is 15.4. The van der Waals surface area contributed by atoms with Crippen LogP contribution >= 0.6 is 0 Å². The molecule has 0 unspecified atom stereocenters. The molecule has 0 saturated carbocycles. The van der Waals surface area contributed by atoms with Gasteiger partial charge in [0.15, 0.2) is 11.5 Å². The van der Waals surface area contributed by atoms with Crippen molar-refractivity contribution in [3.05, 3.63) is 338 Å². The molecule has 1 aliphatic rings. The number of para-hydroxylation sites is 7. The second-order valence-corrected chi connectivity index (χ2v) is 25.9. The number of anilines is 3. The second-order valence-electron chi connectivity index (χ2n) is 25.9. The first-order valence-corrected chi connectivity index (χ1v) is 33.5. The number of hydrogen-bond acceptors (Lipinski definition) is 4. The molecule has 0 bridgehead atoms. The Morgan fingerprint density at radius 2 is 0.663 bits per heavy atom. The summed E-state index contributed by atoms with van der Waals surface area (Å²) in [5, 5.41) is 7.33. The van der Waals surface area contributed by atoms with Crippen molar-refractivity contribution in [1.29, 1.82) is 0 Å². The summed E-state index contributed by atoms with van der Waals surface area (Å²) in [5.74, 6) is 1.47. The Morgan fingerprint density at radius 3 is 1.16 bits per heavy atom. The fourth-order valence-corrected chi connectivity index (χ4v) is 15.4.